The monoisotopic (exact) mass is 335 g/mol. The topological polar surface area (TPSA) is 37.4 Å². The number of hydrogen-bond donors (Lipinski definition) is 0. The molecule has 0 N–H and O–H groups in total. The van der Waals surface area contributed by atoms with E-state index in [4.69, 9.17) is 0 Å². The average Bonchev–Trinajstić information content (AvgIpc) is 2.85. The summed E-state index contributed by atoms with van der Waals surface area (Å²) < 4.78 is 0.803. The summed E-state index contributed by atoms with van der Waals surface area (Å²) in [6.45, 7) is 0.443. The van der Waals surface area contributed by atoms with E-state index in [0.29, 0.717) is 29.1 Å². The molecule has 5 heteroatoms. The van der Waals surface area contributed by atoms with Gasteiger partial charge in [-0.3, -0.25) is 9.59 Å². The molecule has 1 aromatic carbocycles. The quantitative estimate of drug-likeness (QED) is 0.795. The Kier molecular flexibility index (Phi) is 3.24. The van der Waals surface area contributed by atoms with E-state index in [2.05, 4.69) is 15.9 Å². The maximum atomic E-state index is 12.5. The van der Waals surface area contributed by atoms with Gasteiger partial charge in [-0.2, -0.15) is 0 Å². The molecule has 2 heterocycles. The van der Waals surface area contributed by atoms with E-state index in [1.54, 1.807) is 11.0 Å². The number of hydrogen-bond acceptors (Lipinski definition) is 3. The molecule has 0 aliphatic carbocycles. The van der Waals surface area contributed by atoms with Crippen molar-refractivity contribution in [2.24, 2.45) is 0 Å². The van der Waals surface area contributed by atoms with Crippen LogP contribution in [-0.2, 0) is 0 Å². The number of Topliss-reactive ketones (excluding diaryl/α,β-unsaturated/α-hetero) is 1. The minimum atomic E-state index is -0.0539. The fourth-order valence-electron chi connectivity index (χ4n) is 2.19. The van der Waals surface area contributed by atoms with Gasteiger partial charge in [-0.25, -0.2) is 0 Å². The van der Waals surface area contributed by atoms with Crippen molar-refractivity contribution in [3.8, 4) is 0 Å². The first-order valence-corrected chi connectivity index (χ1v) is 7.53. The van der Waals surface area contributed by atoms with E-state index in [1.807, 2.05) is 29.6 Å². The van der Waals surface area contributed by atoms with Crippen molar-refractivity contribution in [1.82, 2.24) is 0 Å². The van der Waals surface area contributed by atoms with Gasteiger partial charge in [0.15, 0.2) is 5.78 Å². The molecule has 0 bridgehead atoms. The fraction of sp³-hybridized carbons (Fsp3) is 0.143. The molecule has 3 rings (SSSR count). The number of nitrogens with zero attached hydrogens (tertiary/aromatic N) is 1. The zero-order valence-corrected chi connectivity index (χ0v) is 12.3. The van der Waals surface area contributed by atoms with E-state index in [9.17, 15) is 9.59 Å². The van der Waals surface area contributed by atoms with Crippen LogP contribution < -0.4 is 4.90 Å². The first-order chi connectivity index (χ1) is 9.18. The molecule has 0 saturated heterocycles. The highest BCUT2D eigenvalue weighted by Crippen LogP contribution is 2.31. The summed E-state index contributed by atoms with van der Waals surface area (Å²) in [5, 5.41) is 1.87. The van der Waals surface area contributed by atoms with E-state index >= 15 is 0 Å². The van der Waals surface area contributed by atoms with Crippen molar-refractivity contribution in [1.29, 1.82) is 0 Å². The van der Waals surface area contributed by atoms with Crippen molar-refractivity contribution < 1.29 is 9.59 Å². The van der Waals surface area contributed by atoms with Crippen molar-refractivity contribution in [3.63, 3.8) is 0 Å². The van der Waals surface area contributed by atoms with Crippen molar-refractivity contribution in [2.45, 2.75) is 6.42 Å². The summed E-state index contributed by atoms with van der Waals surface area (Å²) in [5.74, 6) is 0.0479. The van der Waals surface area contributed by atoms with E-state index in [1.165, 1.54) is 11.3 Å². The van der Waals surface area contributed by atoms with Gasteiger partial charge in [0.25, 0.3) is 5.91 Å². The Morgan fingerprint density at radius 2 is 2.05 bits per heavy atom. The van der Waals surface area contributed by atoms with E-state index < -0.39 is 0 Å². The first kappa shape index (κ1) is 12.6. The number of para-hydroxylation sites is 1. The second-order valence-electron chi connectivity index (χ2n) is 4.24. The number of thiophene rings is 1. The Balaban J connectivity index is 2.04. The van der Waals surface area contributed by atoms with Crippen LogP contribution in [0.5, 0.6) is 0 Å². The molecular weight excluding hydrogens is 326 g/mol. The largest absolute Gasteiger partial charge is 0.306 e. The molecular formula is C14H10BrNO2S. The smallest absolute Gasteiger partial charge is 0.269 e. The van der Waals surface area contributed by atoms with E-state index in [-0.39, 0.29) is 11.7 Å². The number of ketones is 1. The number of anilines is 1. The summed E-state index contributed by atoms with van der Waals surface area (Å²) in [6, 6.07) is 9.14. The standard InChI is InChI=1S/C14H10BrNO2S/c15-10-6-8-19-13(10)14(18)16-7-5-12(17)9-3-1-2-4-11(9)16/h1-4,6,8H,5,7H2. The van der Waals surface area contributed by atoms with Crippen LogP contribution in [0.3, 0.4) is 0 Å². The minimum Gasteiger partial charge on any atom is -0.306 e. The van der Waals surface area contributed by atoms with Crippen molar-refractivity contribution in [2.75, 3.05) is 11.4 Å². The fourth-order valence-corrected chi connectivity index (χ4v) is 3.68. The second-order valence-corrected chi connectivity index (χ2v) is 6.02. The van der Waals surface area contributed by atoms with Gasteiger partial charge in [-0.05, 0) is 39.5 Å². The lowest BCUT2D eigenvalue weighted by atomic mass is 10.0. The number of benzene rings is 1. The predicted octanol–water partition coefficient (Wildman–Crippen LogP) is 3.74. The van der Waals surface area contributed by atoms with Crippen LogP contribution in [0.25, 0.3) is 0 Å². The highest BCUT2D eigenvalue weighted by molar-refractivity contribution is 9.10. The Bertz CT molecular complexity index is 665. The lowest BCUT2D eigenvalue weighted by molar-refractivity contribution is 0.0956. The maximum Gasteiger partial charge on any atom is 0.269 e. The Morgan fingerprint density at radius 3 is 2.79 bits per heavy atom. The molecule has 1 aliphatic heterocycles. The van der Waals surface area contributed by atoms with Gasteiger partial charge >= 0.3 is 0 Å². The molecule has 1 aromatic heterocycles. The van der Waals surface area contributed by atoms with Crippen LogP contribution in [0.4, 0.5) is 5.69 Å². The minimum absolute atomic E-state index is 0.0539. The number of carbonyl (C=O) groups excluding carboxylic acids is 2. The summed E-state index contributed by atoms with van der Waals surface area (Å²) in [6.07, 6.45) is 0.381. The molecule has 19 heavy (non-hydrogen) atoms. The lowest BCUT2D eigenvalue weighted by Gasteiger charge is -2.28. The highest BCUT2D eigenvalue weighted by atomic mass is 79.9. The maximum absolute atomic E-state index is 12.5. The van der Waals surface area contributed by atoms with Gasteiger partial charge in [0.1, 0.15) is 4.88 Å². The number of halogens is 1. The first-order valence-electron chi connectivity index (χ1n) is 5.85. The van der Waals surface area contributed by atoms with E-state index in [0.717, 1.165) is 4.47 Å². The summed E-state index contributed by atoms with van der Waals surface area (Å²) in [5.41, 5.74) is 1.35. The summed E-state index contributed by atoms with van der Waals surface area (Å²) in [7, 11) is 0. The zero-order chi connectivity index (χ0) is 13.4. The lowest BCUT2D eigenvalue weighted by Crippen LogP contribution is -2.37. The average molecular weight is 336 g/mol. The number of fused-ring (bicyclic) bond motifs is 1. The van der Waals surface area contributed by atoms with Gasteiger partial charge in [0.05, 0.1) is 5.69 Å². The second kappa shape index (κ2) is 4.90. The van der Waals surface area contributed by atoms with Gasteiger partial charge in [-0.1, -0.05) is 12.1 Å². The molecule has 0 atom stereocenters. The molecule has 96 valence electrons. The van der Waals surface area contributed by atoms with Crippen LogP contribution >= 0.6 is 27.3 Å². The third kappa shape index (κ3) is 2.13. The van der Waals surface area contributed by atoms with Crippen molar-refractivity contribution in [3.05, 3.63) is 50.6 Å². The van der Waals surface area contributed by atoms with Gasteiger partial charge in [0, 0.05) is 23.0 Å². The SMILES string of the molecule is O=C1CCN(C(=O)c2sccc2Br)c2ccccc21. The Hall–Kier alpha value is -1.46. The third-order valence-corrected chi connectivity index (χ3v) is 4.94. The van der Waals surface area contributed by atoms with Crippen LogP contribution in [0, 0.1) is 0 Å². The molecule has 3 nitrogen and oxygen atoms in total. The molecule has 0 unspecified atom stereocenters. The highest BCUT2D eigenvalue weighted by Gasteiger charge is 2.28. The van der Waals surface area contributed by atoms with Crippen LogP contribution in [0.15, 0.2) is 40.2 Å². The summed E-state index contributed by atoms with van der Waals surface area (Å²) in [4.78, 5) is 26.8. The molecule has 1 amide bonds. The molecule has 0 spiro atoms. The third-order valence-electron chi connectivity index (χ3n) is 3.11. The number of rotatable bonds is 1. The normalized spacial score (nSPS) is 14.4. The molecule has 1 aliphatic rings. The van der Waals surface area contributed by atoms with Gasteiger partial charge in [-0.15, -0.1) is 11.3 Å². The van der Waals surface area contributed by atoms with Gasteiger partial charge in [0.2, 0.25) is 0 Å². The van der Waals surface area contributed by atoms with Gasteiger partial charge < -0.3 is 4.90 Å². The zero-order valence-electron chi connectivity index (χ0n) is 9.93. The molecule has 0 saturated carbocycles. The predicted molar refractivity (Wildman–Crippen MR) is 79.1 cm³/mol. The number of amides is 1. The Labute approximate surface area is 123 Å². The van der Waals surface area contributed by atoms with Crippen LogP contribution in [0.2, 0.25) is 0 Å². The molecule has 0 fully saturated rings. The number of carbonyl (C=O) groups is 2. The Morgan fingerprint density at radius 1 is 1.26 bits per heavy atom. The molecule has 2 aromatic rings. The van der Waals surface area contributed by atoms with Crippen LogP contribution in [-0.4, -0.2) is 18.2 Å². The van der Waals surface area contributed by atoms with Crippen LogP contribution in [0.1, 0.15) is 26.5 Å². The summed E-state index contributed by atoms with van der Waals surface area (Å²) >= 11 is 4.79. The van der Waals surface area contributed by atoms with Crippen molar-refractivity contribution >= 4 is 44.6 Å². The molecule has 0 radical (unpaired) electrons.